The van der Waals surface area contributed by atoms with Gasteiger partial charge in [-0.1, -0.05) is 12.1 Å². The monoisotopic (exact) mass is 445 g/mol. The van der Waals surface area contributed by atoms with E-state index in [0.29, 0.717) is 17.9 Å². The van der Waals surface area contributed by atoms with Crippen LogP contribution in [0.4, 0.5) is 0 Å². The van der Waals surface area contributed by atoms with Crippen LogP contribution in [0, 0.1) is 0 Å². The highest BCUT2D eigenvalue weighted by atomic mass is 32.2. The number of thioether (sulfide) groups is 1. The van der Waals surface area contributed by atoms with Crippen molar-refractivity contribution in [3.63, 3.8) is 0 Å². The average Bonchev–Trinajstić information content (AvgIpc) is 2.80. The highest BCUT2D eigenvalue weighted by molar-refractivity contribution is 7.98. The molecule has 8 heteroatoms. The van der Waals surface area contributed by atoms with Crippen molar-refractivity contribution in [2.75, 3.05) is 32.6 Å². The van der Waals surface area contributed by atoms with Crippen LogP contribution in [0.25, 0.3) is 0 Å². The van der Waals surface area contributed by atoms with Gasteiger partial charge < -0.3 is 19.5 Å². The summed E-state index contributed by atoms with van der Waals surface area (Å²) in [4.78, 5) is 36.7. The molecule has 0 fully saturated rings. The minimum absolute atomic E-state index is 0.0367. The van der Waals surface area contributed by atoms with Gasteiger partial charge in [0.2, 0.25) is 0 Å². The van der Waals surface area contributed by atoms with Crippen molar-refractivity contribution >= 4 is 29.4 Å². The minimum Gasteiger partial charge on any atom is -0.494 e. The Balaban J connectivity index is 1.57. The van der Waals surface area contributed by atoms with E-state index in [4.69, 9.17) is 14.2 Å². The van der Waals surface area contributed by atoms with Gasteiger partial charge in [-0.3, -0.25) is 14.4 Å². The number of Topliss-reactive ketones (excluding diaryl/α,β-unsaturated/α-hetero) is 1. The van der Waals surface area contributed by atoms with Gasteiger partial charge in [-0.2, -0.15) is 0 Å². The standard InChI is InChI=1S/C23H27NO6S/c1-3-28-18-6-8-19(9-7-18)29-15-14-24-22(26)16-30-23(27)13-12-21(25)17-4-10-20(31-2)11-5-17/h4-11H,3,12-16H2,1-2H3,(H,24,26). The number of benzene rings is 2. The topological polar surface area (TPSA) is 90.9 Å². The first-order valence-corrected chi connectivity index (χ1v) is 11.2. The molecule has 2 rings (SSSR count). The lowest BCUT2D eigenvalue weighted by molar-refractivity contribution is -0.148. The zero-order chi connectivity index (χ0) is 22.5. The largest absolute Gasteiger partial charge is 0.494 e. The van der Waals surface area contributed by atoms with Crippen LogP contribution < -0.4 is 14.8 Å². The zero-order valence-corrected chi connectivity index (χ0v) is 18.5. The van der Waals surface area contributed by atoms with Gasteiger partial charge in [0.05, 0.1) is 19.6 Å². The second kappa shape index (κ2) is 13.3. The smallest absolute Gasteiger partial charge is 0.306 e. The summed E-state index contributed by atoms with van der Waals surface area (Å²) in [5.74, 6) is 0.273. The van der Waals surface area contributed by atoms with Crippen LogP contribution in [0.3, 0.4) is 0 Å². The van der Waals surface area contributed by atoms with E-state index >= 15 is 0 Å². The van der Waals surface area contributed by atoms with Crippen LogP contribution in [0.15, 0.2) is 53.4 Å². The summed E-state index contributed by atoms with van der Waals surface area (Å²) in [5.41, 5.74) is 0.552. The Bertz CT molecular complexity index is 851. The molecule has 0 unspecified atom stereocenters. The summed E-state index contributed by atoms with van der Waals surface area (Å²) in [6.45, 7) is 2.67. The highest BCUT2D eigenvalue weighted by Gasteiger charge is 2.12. The van der Waals surface area contributed by atoms with Crippen molar-refractivity contribution in [3.05, 3.63) is 54.1 Å². The molecule has 0 saturated heterocycles. The zero-order valence-electron chi connectivity index (χ0n) is 17.7. The van der Waals surface area contributed by atoms with E-state index < -0.39 is 18.5 Å². The first kappa shape index (κ1) is 24.3. The Hall–Kier alpha value is -3.00. The van der Waals surface area contributed by atoms with Crippen molar-refractivity contribution in [2.45, 2.75) is 24.7 Å². The number of nitrogens with one attached hydrogen (secondary N) is 1. The molecule has 7 nitrogen and oxygen atoms in total. The van der Waals surface area contributed by atoms with Gasteiger partial charge in [-0.15, -0.1) is 11.8 Å². The molecule has 0 aromatic heterocycles. The third-order valence-electron chi connectivity index (χ3n) is 4.16. The first-order valence-electron chi connectivity index (χ1n) is 9.97. The molecule has 1 N–H and O–H groups in total. The molecule has 0 radical (unpaired) electrons. The SMILES string of the molecule is CCOc1ccc(OCCNC(=O)COC(=O)CCC(=O)c2ccc(SC)cc2)cc1. The third-order valence-corrected chi connectivity index (χ3v) is 4.90. The fourth-order valence-electron chi connectivity index (χ4n) is 2.56. The van der Waals surface area contributed by atoms with Crippen LogP contribution in [0.5, 0.6) is 11.5 Å². The quantitative estimate of drug-likeness (QED) is 0.218. The Morgan fingerprint density at radius 3 is 2.16 bits per heavy atom. The van der Waals surface area contributed by atoms with E-state index in [9.17, 15) is 14.4 Å². The number of ether oxygens (including phenoxy) is 3. The van der Waals surface area contributed by atoms with E-state index in [0.717, 1.165) is 10.6 Å². The molecule has 0 aliphatic rings. The van der Waals surface area contributed by atoms with E-state index in [1.165, 1.54) is 0 Å². The Kier molecular flexibility index (Phi) is 10.4. The number of hydrogen-bond donors (Lipinski definition) is 1. The van der Waals surface area contributed by atoms with Crippen LogP contribution in [0.1, 0.15) is 30.1 Å². The lowest BCUT2D eigenvalue weighted by atomic mass is 10.1. The van der Waals surface area contributed by atoms with Crippen LogP contribution in [-0.4, -0.2) is 50.3 Å². The summed E-state index contributed by atoms with van der Waals surface area (Å²) < 4.78 is 15.8. The lowest BCUT2D eigenvalue weighted by Crippen LogP contribution is -2.32. The molecule has 0 saturated carbocycles. The molecular weight excluding hydrogens is 418 g/mol. The molecule has 2 aromatic rings. The summed E-state index contributed by atoms with van der Waals surface area (Å²) in [6.07, 6.45) is 1.92. The second-order valence-electron chi connectivity index (χ2n) is 6.42. The Morgan fingerprint density at radius 2 is 1.55 bits per heavy atom. The molecule has 0 aliphatic carbocycles. The fraction of sp³-hybridized carbons (Fsp3) is 0.348. The minimum atomic E-state index is -0.588. The molecule has 166 valence electrons. The van der Waals surface area contributed by atoms with Gasteiger partial charge in [0.1, 0.15) is 18.1 Å². The number of esters is 1. The number of rotatable bonds is 13. The summed E-state index contributed by atoms with van der Waals surface area (Å²) >= 11 is 1.59. The van der Waals surface area contributed by atoms with Crippen molar-refractivity contribution < 1.29 is 28.6 Å². The predicted molar refractivity (Wildman–Crippen MR) is 119 cm³/mol. The number of carbonyl (C=O) groups excluding carboxylic acids is 3. The van der Waals surface area contributed by atoms with Gasteiger partial charge in [0, 0.05) is 16.9 Å². The Labute approximate surface area is 186 Å². The summed E-state index contributed by atoms with van der Waals surface area (Å²) in [7, 11) is 0. The summed E-state index contributed by atoms with van der Waals surface area (Å²) in [6, 6.07) is 14.4. The summed E-state index contributed by atoms with van der Waals surface area (Å²) in [5, 5.41) is 2.61. The van der Waals surface area contributed by atoms with Crippen molar-refractivity contribution in [3.8, 4) is 11.5 Å². The predicted octanol–water partition coefficient (Wildman–Crippen LogP) is 3.51. The molecule has 0 atom stereocenters. The number of carbonyl (C=O) groups is 3. The van der Waals surface area contributed by atoms with E-state index in [1.807, 2.05) is 25.3 Å². The Morgan fingerprint density at radius 1 is 0.903 bits per heavy atom. The molecule has 2 aromatic carbocycles. The molecule has 0 aliphatic heterocycles. The average molecular weight is 446 g/mol. The molecule has 0 bridgehead atoms. The molecule has 0 spiro atoms. The third kappa shape index (κ3) is 9.13. The van der Waals surface area contributed by atoms with Crippen LogP contribution >= 0.6 is 11.8 Å². The first-order chi connectivity index (χ1) is 15.0. The molecular formula is C23H27NO6S. The molecule has 31 heavy (non-hydrogen) atoms. The number of amides is 1. The maximum absolute atomic E-state index is 12.1. The van der Waals surface area contributed by atoms with Gasteiger partial charge in [-0.05, 0) is 49.6 Å². The highest BCUT2D eigenvalue weighted by Crippen LogP contribution is 2.17. The van der Waals surface area contributed by atoms with Gasteiger partial charge in [0.15, 0.2) is 12.4 Å². The van der Waals surface area contributed by atoms with Crippen LogP contribution in [-0.2, 0) is 14.3 Å². The maximum Gasteiger partial charge on any atom is 0.306 e. The number of ketones is 1. The molecule has 0 heterocycles. The molecule has 1 amide bonds. The fourth-order valence-corrected chi connectivity index (χ4v) is 2.97. The van der Waals surface area contributed by atoms with Crippen molar-refractivity contribution in [1.29, 1.82) is 0 Å². The lowest BCUT2D eigenvalue weighted by Gasteiger charge is -2.09. The van der Waals surface area contributed by atoms with E-state index in [-0.39, 0.29) is 31.8 Å². The van der Waals surface area contributed by atoms with Gasteiger partial charge >= 0.3 is 5.97 Å². The van der Waals surface area contributed by atoms with Crippen molar-refractivity contribution in [2.24, 2.45) is 0 Å². The normalized spacial score (nSPS) is 10.3. The van der Waals surface area contributed by atoms with Crippen molar-refractivity contribution in [1.82, 2.24) is 5.32 Å². The van der Waals surface area contributed by atoms with Crippen LogP contribution in [0.2, 0.25) is 0 Å². The van der Waals surface area contributed by atoms with Gasteiger partial charge in [-0.25, -0.2) is 0 Å². The maximum atomic E-state index is 12.1. The van der Waals surface area contributed by atoms with E-state index in [1.54, 1.807) is 48.2 Å². The van der Waals surface area contributed by atoms with E-state index in [2.05, 4.69) is 5.32 Å². The number of hydrogen-bond acceptors (Lipinski definition) is 7. The second-order valence-corrected chi connectivity index (χ2v) is 7.29. The van der Waals surface area contributed by atoms with Gasteiger partial charge in [0.25, 0.3) is 5.91 Å².